The maximum atomic E-state index is 12.6. The molecule has 0 amide bonds. The Morgan fingerprint density at radius 1 is 1.05 bits per heavy atom. The molecule has 0 bridgehead atoms. The summed E-state index contributed by atoms with van der Waals surface area (Å²) in [5, 5.41) is 0. The summed E-state index contributed by atoms with van der Waals surface area (Å²) in [6, 6.07) is 5.70. The molecule has 1 unspecified atom stereocenters. The fourth-order valence-electron chi connectivity index (χ4n) is 3.82. The molecule has 1 aliphatic carbocycles. The quantitative estimate of drug-likeness (QED) is 0.583. The summed E-state index contributed by atoms with van der Waals surface area (Å²) in [4.78, 5) is 0. The Bertz CT molecular complexity index is 439. The Kier molecular flexibility index (Phi) is 5.94. The molecule has 0 heterocycles. The molecule has 0 spiro atoms. The van der Waals surface area contributed by atoms with Crippen LogP contribution in [-0.2, 0) is 12.6 Å². The van der Waals surface area contributed by atoms with Crippen LogP contribution in [0, 0.1) is 17.8 Å². The largest absolute Gasteiger partial charge is 0.416 e. The van der Waals surface area contributed by atoms with E-state index in [1.54, 1.807) is 12.1 Å². The highest BCUT2D eigenvalue weighted by molar-refractivity contribution is 5.24. The van der Waals surface area contributed by atoms with Gasteiger partial charge in [0.25, 0.3) is 0 Å². The lowest BCUT2D eigenvalue weighted by Gasteiger charge is -2.32. The molecule has 22 heavy (non-hydrogen) atoms. The van der Waals surface area contributed by atoms with Gasteiger partial charge in [0.1, 0.15) is 0 Å². The van der Waals surface area contributed by atoms with Crippen LogP contribution < -0.4 is 0 Å². The summed E-state index contributed by atoms with van der Waals surface area (Å²) < 4.78 is 37.7. The molecule has 0 aliphatic heterocycles. The van der Waals surface area contributed by atoms with Gasteiger partial charge in [-0.2, -0.15) is 13.2 Å². The lowest BCUT2D eigenvalue weighted by molar-refractivity contribution is -0.137. The third kappa shape index (κ3) is 4.76. The van der Waals surface area contributed by atoms with E-state index in [1.165, 1.54) is 50.7 Å². The second-order valence-electron chi connectivity index (χ2n) is 6.95. The second kappa shape index (κ2) is 7.52. The van der Waals surface area contributed by atoms with E-state index in [0.717, 1.165) is 23.8 Å². The third-order valence-corrected chi connectivity index (χ3v) is 5.23. The predicted molar refractivity (Wildman–Crippen MR) is 84.7 cm³/mol. The first-order valence-electron chi connectivity index (χ1n) is 8.56. The molecule has 1 saturated carbocycles. The molecular weight excluding hydrogens is 285 g/mol. The van der Waals surface area contributed by atoms with Gasteiger partial charge in [-0.05, 0) is 54.7 Å². The fourth-order valence-corrected chi connectivity index (χ4v) is 3.82. The van der Waals surface area contributed by atoms with Crippen LogP contribution in [0.1, 0.15) is 63.5 Å². The van der Waals surface area contributed by atoms with Crippen molar-refractivity contribution in [2.24, 2.45) is 17.8 Å². The Morgan fingerprint density at radius 2 is 1.64 bits per heavy atom. The van der Waals surface area contributed by atoms with E-state index in [9.17, 15) is 13.2 Å². The number of rotatable bonds is 5. The van der Waals surface area contributed by atoms with E-state index in [1.807, 2.05) is 0 Å². The molecular formula is C19H27F3. The van der Waals surface area contributed by atoms with Gasteiger partial charge in [0.05, 0.1) is 5.56 Å². The maximum absolute atomic E-state index is 12.6. The summed E-state index contributed by atoms with van der Waals surface area (Å²) in [6.45, 7) is 4.50. The molecule has 1 atom stereocenters. The lowest BCUT2D eigenvalue weighted by atomic mass is 9.74. The van der Waals surface area contributed by atoms with Crippen LogP contribution >= 0.6 is 0 Å². The van der Waals surface area contributed by atoms with E-state index in [-0.39, 0.29) is 0 Å². The van der Waals surface area contributed by atoms with E-state index in [0.29, 0.717) is 5.92 Å². The Morgan fingerprint density at radius 3 is 2.14 bits per heavy atom. The highest BCUT2D eigenvalue weighted by atomic mass is 19.4. The molecule has 1 aliphatic rings. The fraction of sp³-hybridized carbons (Fsp3) is 0.684. The van der Waals surface area contributed by atoms with Crippen LogP contribution in [0.3, 0.4) is 0 Å². The molecule has 0 radical (unpaired) electrons. The van der Waals surface area contributed by atoms with Crippen molar-refractivity contribution in [3.63, 3.8) is 0 Å². The van der Waals surface area contributed by atoms with Crippen molar-refractivity contribution in [1.29, 1.82) is 0 Å². The normalized spacial score (nSPS) is 24.2. The van der Waals surface area contributed by atoms with Crippen molar-refractivity contribution in [2.75, 3.05) is 0 Å². The van der Waals surface area contributed by atoms with Crippen molar-refractivity contribution in [1.82, 2.24) is 0 Å². The molecule has 1 aromatic rings. The number of hydrogen-bond donors (Lipinski definition) is 0. The van der Waals surface area contributed by atoms with Crippen LogP contribution in [0.15, 0.2) is 24.3 Å². The van der Waals surface area contributed by atoms with Gasteiger partial charge in [0.15, 0.2) is 0 Å². The number of alkyl halides is 3. The van der Waals surface area contributed by atoms with Gasteiger partial charge in [-0.3, -0.25) is 0 Å². The monoisotopic (exact) mass is 312 g/mol. The third-order valence-electron chi connectivity index (χ3n) is 5.23. The van der Waals surface area contributed by atoms with Gasteiger partial charge in [0, 0.05) is 0 Å². The zero-order valence-corrected chi connectivity index (χ0v) is 13.6. The molecule has 1 aromatic carbocycles. The standard InChI is InChI=1S/C19H27F3/c1-3-4-15-5-9-17(10-6-15)14(2)13-16-7-11-18(12-8-16)19(20,21)22/h7-8,11-12,14-15,17H,3-6,9-10,13H2,1-2H3. The van der Waals surface area contributed by atoms with E-state index >= 15 is 0 Å². The van der Waals surface area contributed by atoms with Gasteiger partial charge < -0.3 is 0 Å². The van der Waals surface area contributed by atoms with Crippen molar-refractivity contribution in [3.8, 4) is 0 Å². The summed E-state index contributed by atoms with van der Waals surface area (Å²) in [7, 11) is 0. The topological polar surface area (TPSA) is 0 Å². The average molecular weight is 312 g/mol. The smallest absolute Gasteiger partial charge is 0.166 e. The van der Waals surface area contributed by atoms with Gasteiger partial charge in [-0.15, -0.1) is 0 Å². The van der Waals surface area contributed by atoms with E-state index in [4.69, 9.17) is 0 Å². The minimum Gasteiger partial charge on any atom is -0.166 e. The second-order valence-corrected chi connectivity index (χ2v) is 6.95. The summed E-state index contributed by atoms with van der Waals surface area (Å²) >= 11 is 0. The van der Waals surface area contributed by atoms with Crippen LogP contribution in [0.5, 0.6) is 0 Å². The summed E-state index contributed by atoms with van der Waals surface area (Å²) in [5.74, 6) is 2.19. The molecule has 1 fully saturated rings. The molecule has 0 saturated heterocycles. The van der Waals surface area contributed by atoms with Crippen molar-refractivity contribution >= 4 is 0 Å². The first kappa shape index (κ1) is 17.4. The van der Waals surface area contributed by atoms with Gasteiger partial charge >= 0.3 is 6.18 Å². The highest BCUT2D eigenvalue weighted by Crippen LogP contribution is 2.37. The predicted octanol–water partition coefficient (Wildman–Crippen LogP) is 6.49. The molecule has 0 nitrogen and oxygen atoms in total. The summed E-state index contributed by atoms with van der Waals surface area (Å²) in [6.07, 6.45) is 4.50. The van der Waals surface area contributed by atoms with Crippen LogP contribution in [-0.4, -0.2) is 0 Å². The molecule has 124 valence electrons. The van der Waals surface area contributed by atoms with Gasteiger partial charge in [-0.1, -0.05) is 51.7 Å². The Hall–Kier alpha value is -0.990. The zero-order valence-electron chi connectivity index (χ0n) is 13.6. The van der Waals surface area contributed by atoms with Crippen LogP contribution in [0.2, 0.25) is 0 Å². The first-order valence-corrected chi connectivity index (χ1v) is 8.56. The zero-order chi connectivity index (χ0) is 16.2. The highest BCUT2D eigenvalue weighted by Gasteiger charge is 2.30. The molecule has 0 aromatic heterocycles. The minimum atomic E-state index is -4.23. The Labute approximate surface area is 132 Å². The number of hydrogen-bond acceptors (Lipinski definition) is 0. The van der Waals surface area contributed by atoms with Crippen LogP contribution in [0.4, 0.5) is 13.2 Å². The SMILES string of the molecule is CCCC1CCC(C(C)Cc2ccc(C(F)(F)F)cc2)CC1. The van der Waals surface area contributed by atoms with E-state index < -0.39 is 11.7 Å². The van der Waals surface area contributed by atoms with Crippen LogP contribution in [0.25, 0.3) is 0 Å². The molecule has 0 N–H and O–H groups in total. The van der Waals surface area contributed by atoms with E-state index in [2.05, 4.69) is 13.8 Å². The maximum Gasteiger partial charge on any atom is 0.416 e. The van der Waals surface area contributed by atoms with Gasteiger partial charge in [0.2, 0.25) is 0 Å². The minimum absolute atomic E-state index is 0.552. The van der Waals surface area contributed by atoms with Crippen molar-refractivity contribution in [3.05, 3.63) is 35.4 Å². The number of benzene rings is 1. The van der Waals surface area contributed by atoms with Gasteiger partial charge in [-0.25, -0.2) is 0 Å². The lowest BCUT2D eigenvalue weighted by Crippen LogP contribution is -2.21. The van der Waals surface area contributed by atoms with Crippen molar-refractivity contribution in [2.45, 2.75) is 65.0 Å². The Balaban J connectivity index is 1.86. The average Bonchev–Trinajstić information content (AvgIpc) is 2.48. The number of halogens is 3. The molecule has 3 heteroatoms. The van der Waals surface area contributed by atoms with Crippen molar-refractivity contribution < 1.29 is 13.2 Å². The summed E-state index contributed by atoms with van der Waals surface area (Å²) in [5.41, 5.74) is 0.472. The first-order chi connectivity index (χ1) is 10.4. The molecule has 2 rings (SSSR count).